The largest absolute Gasteiger partial charge is 0.416 e. The van der Waals surface area contributed by atoms with Gasteiger partial charge in [-0.15, -0.1) is 0 Å². The fraction of sp³-hybridized carbons (Fsp3) is 0.450. The molecule has 0 fully saturated rings. The molecule has 10 heteroatoms. The van der Waals surface area contributed by atoms with Crippen molar-refractivity contribution in [3.8, 4) is 0 Å². The van der Waals surface area contributed by atoms with E-state index in [1.54, 1.807) is 6.92 Å². The van der Waals surface area contributed by atoms with Crippen molar-refractivity contribution in [2.24, 2.45) is 0 Å². The van der Waals surface area contributed by atoms with Gasteiger partial charge >= 0.3 is 6.18 Å². The van der Waals surface area contributed by atoms with Crippen molar-refractivity contribution in [2.75, 3.05) is 38.0 Å². The average Bonchev–Trinajstić information content (AvgIpc) is 3.11. The highest BCUT2D eigenvalue weighted by molar-refractivity contribution is 5.99. The van der Waals surface area contributed by atoms with E-state index in [4.69, 9.17) is 4.52 Å². The first-order valence-electron chi connectivity index (χ1n) is 9.56. The maximum atomic E-state index is 12.9. The van der Waals surface area contributed by atoms with E-state index in [1.165, 1.54) is 11.0 Å². The lowest BCUT2D eigenvalue weighted by Gasteiger charge is -2.26. The molecule has 1 aromatic heterocycles. The minimum atomic E-state index is -4.49. The smallest absolute Gasteiger partial charge is 0.360 e. The number of aromatic nitrogens is 1. The van der Waals surface area contributed by atoms with Crippen LogP contribution in [0, 0.1) is 6.92 Å². The number of likely N-dealkylation sites (N-methyl/N-ethyl adjacent to an activating group) is 1. The van der Waals surface area contributed by atoms with Gasteiger partial charge in [-0.25, -0.2) is 0 Å². The molecule has 0 atom stereocenters. The maximum Gasteiger partial charge on any atom is 0.416 e. The number of amides is 2. The molecular weight excluding hydrogens is 401 g/mol. The van der Waals surface area contributed by atoms with Crippen molar-refractivity contribution in [3.05, 3.63) is 47.2 Å². The van der Waals surface area contributed by atoms with Gasteiger partial charge in [-0.2, -0.15) is 13.2 Å². The molecule has 0 saturated carbocycles. The molecule has 1 heterocycles. The fourth-order valence-corrected chi connectivity index (χ4v) is 2.82. The van der Waals surface area contributed by atoms with Crippen LogP contribution in [0.15, 0.2) is 34.9 Å². The molecule has 0 aliphatic rings. The monoisotopic (exact) mass is 426 g/mol. The molecule has 0 saturated heterocycles. The van der Waals surface area contributed by atoms with Crippen LogP contribution in [0.2, 0.25) is 0 Å². The van der Waals surface area contributed by atoms with Crippen molar-refractivity contribution in [1.29, 1.82) is 0 Å². The number of carbonyl (C=O) groups excluding carboxylic acids is 2. The van der Waals surface area contributed by atoms with Gasteiger partial charge in [0.2, 0.25) is 5.91 Å². The quantitative estimate of drug-likeness (QED) is 0.665. The van der Waals surface area contributed by atoms with E-state index in [9.17, 15) is 22.8 Å². The van der Waals surface area contributed by atoms with E-state index in [0.29, 0.717) is 12.3 Å². The molecule has 0 aliphatic heterocycles. The van der Waals surface area contributed by atoms with Gasteiger partial charge in [0.15, 0.2) is 5.82 Å². The van der Waals surface area contributed by atoms with Crippen LogP contribution in [0.4, 0.5) is 19.0 Å². The third-order valence-corrected chi connectivity index (χ3v) is 4.56. The van der Waals surface area contributed by atoms with Crippen LogP contribution in [0.3, 0.4) is 0 Å². The predicted molar refractivity (Wildman–Crippen MR) is 105 cm³/mol. The highest BCUT2D eigenvalue weighted by Crippen LogP contribution is 2.29. The summed E-state index contributed by atoms with van der Waals surface area (Å²) in [5, 5.41) is 6.22. The molecule has 1 N–H and O–H groups in total. The minimum Gasteiger partial charge on any atom is -0.360 e. The summed E-state index contributed by atoms with van der Waals surface area (Å²) >= 11 is 0. The van der Waals surface area contributed by atoms with E-state index < -0.39 is 23.6 Å². The van der Waals surface area contributed by atoms with E-state index >= 15 is 0 Å². The number of aryl methyl sites for hydroxylation is 1. The van der Waals surface area contributed by atoms with Gasteiger partial charge in [-0.05, 0) is 44.3 Å². The van der Waals surface area contributed by atoms with E-state index in [2.05, 4.69) is 15.4 Å². The lowest BCUT2D eigenvalue weighted by atomic mass is 10.1. The molecule has 0 bridgehead atoms. The van der Waals surface area contributed by atoms with Crippen LogP contribution in [0.5, 0.6) is 0 Å². The van der Waals surface area contributed by atoms with Gasteiger partial charge in [-0.1, -0.05) is 19.0 Å². The summed E-state index contributed by atoms with van der Waals surface area (Å²) in [6.07, 6.45) is -4.49. The number of nitrogens with zero attached hydrogens (tertiary/aromatic N) is 3. The van der Waals surface area contributed by atoms with Crippen LogP contribution in [-0.2, 0) is 11.0 Å². The van der Waals surface area contributed by atoms with E-state index in [1.807, 2.05) is 13.8 Å². The second-order valence-electron chi connectivity index (χ2n) is 6.70. The molecule has 0 aliphatic carbocycles. The summed E-state index contributed by atoms with van der Waals surface area (Å²) in [7, 11) is 0. The summed E-state index contributed by atoms with van der Waals surface area (Å²) in [5.41, 5.74) is -0.763. The van der Waals surface area contributed by atoms with Gasteiger partial charge in [-0.3, -0.25) is 9.59 Å². The SMILES string of the molecule is CCN(CC)CCN(CC(=O)Nc1cc(C)on1)C(=O)c1ccc(C(F)(F)F)cc1. The number of hydrogen-bond acceptors (Lipinski definition) is 5. The minimum absolute atomic E-state index is 0.0765. The standard InChI is InChI=1S/C20H25F3N4O3/c1-4-26(5-2)10-11-27(13-18(28)24-17-12-14(3)30-25-17)19(29)15-6-8-16(9-7-15)20(21,22)23/h6-9,12H,4-5,10-11,13H2,1-3H3,(H,24,25,28). The molecular formula is C20H25F3N4O3. The lowest BCUT2D eigenvalue weighted by molar-refractivity contribution is -0.137. The Labute approximate surface area is 172 Å². The van der Waals surface area contributed by atoms with Gasteiger partial charge in [0.1, 0.15) is 12.3 Å². The Morgan fingerprint density at radius 1 is 1.10 bits per heavy atom. The first kappa shape index (κ1) is 23.4. The molecule has 2 amide bonds. The van der Waals surface area contributed by atoms with Gasteiger partial charge < -0.3 is 19.6 Å². The molecule has 0 spiro atoms. The number of benzene rings is 1. The zero-order valence-electron chi connectivity index (χ0n) is 17.1. The van der Waals surface area contributed by atoms with Crippen LogP contribution < -0.4 is 5.32 Å². The molecule has 30 heavy (non-hydrogen) atoms. The summed E-state index contributed by atoms with van der Waals surface area (Å²) < 4.78 is 43.2. The maximum absolute atomic E-state index is 12.9. The topological polar surface area (TPSA) is 78.7 Å². The molecule has 164 valence electrons. The number of anilines is 1. The number of halogens is 3. The predicted octanol–water partition coefficient (Wildman–Crippen LogP) is 3.42. The van der Waals surface area contributed by atoms with Crippen molar-refractivity contribution >= 4 is 17.6 Å². The van der Waals surface area contributed by atoms with Crippen LogP contribution in [-0.4, -0.2) is 59.5 Å². The summed E-state index contributed by atoms with van der Waals surface area (Å²) in [4.78, 5) is 28.7. The number of alkyl halides is 3. The average molecular weight is 426 g/mol. The summed E-state index contributed by atoms with van der Waals surface area (Å²) in [6, 6.07) is 5.49. The summed E-state index contributed by atoms with van der Waals surface area (Å²) in [5.74, 6) is -0.266. The third kappa shape index (κ3) is 6.58. The normalized spacial score (nSPS) is 11.6. The molecule has 1 aromatic carbocycles. The number of nitrogens with one attached hydrogen (secondary N) is 1. The number of rotatable bonds is 9. The molecule has 7 nitrogen and oxygen atoms in total. The second-order valence-corrected chi connectivity index (χ2v) is 6.70. The van der Waals surface area contributed by atoms with Crippen molar-refractivity contribution in [3.63, 3.8) is 0 Å². The van der Waals surface area contributed by atoms with Crippen molar-refractivity contribution in [2.45, 2.75) is 26.9 Å². The van der Waals surface area contributed by atoms with Crippen LogP contribution >= 0.6 is 0 Å². The Morgan fingerprint density at radius 2 is 1.73 bits per heavy atom. The molecule has 0 unspecified atom stereocenters. The van der Waals surface area contributed by atoms with Crippen molar-refractivity contribution in [1.82, 2.24) is 15.0 Å². The molecule has 0 radical (unpaired) electrons. The van der Waals surface area contributed by atoms with Gasteiger partial charge in [0, 0.05) is 24.7 Å². The number of hydrogen-bond donors (Lipinski definition) is 1. The fourth-order valence-electron chi connectivity index (χ4n) is 2.82. The highest BCUT2D eigenvalue weighted by atomic mass is 19.4. The van der Waals surface area contributed by atoms with Gasteiger partial charge in [0.25, 0.3) is 5.91 Å². The zero-order valence-corrected chi connectivity index (χ0v) is 17.1. The number of carbonyl (C=O) groups is 2. The summed E-state index contributed by atoms with van der Waals surface area (Å²) in [6.45, 7) is 7.66. The molecule has 2 rings (SSSR count). The Bertz CT molecular complexity index is 846. The van der Waals surface area contributed by atoms with Crippen LogP contribution in [0.25, 0.3) is 0 Å². The zero-order chi connectivity index (χ0) is 22.3. The van der Waals surface area contributed by atoms with Gasteiger partial charge in [0.05, 0.1) is 5.56 Å². The van der Waals surface area contributed by atoms with Crippen molar-refractivity contribution < 1.29 is 27.3 Å². The Balaban J connectivity index is 2.14. The Kier molecular flexibility index (Phi) is 7.99. The Hall–Kier alpha value is -2.88. The first-order chi connectivity index (χ1) is 14.1. The van der Waals surface area contributed by atoms with Crippen LogP contribution in [0.1, 0.15) is 35.5 Å². The first-order valence-corrected chi connectivity index (χ1v) is 9.56. The third-order valence-electron chi connectivity index (χ3n) is 4.56. The lowest BCUT2D eigenvalue weighted by Crippen LogP contribution is -2.42. The van der Waals surface area contributed by atoms with E-state index in [-0.39, 0.29) is 24.5 Å². The highest BCUT2D eigenvalue weighted by Gasteiger charge is 2.30. The molecule has 2 aromatic rings. The second kappa shape index (κ2) is 10.2. The Morgan fingerprint density at radius 3 is 2.23 bits per heavy atom. The van der Waals surface area contributed by atoms with E-state index in [0.717, 1.165) is 37.4 Å².